The molecule has 0 saturated carbocycles. The topological polar surface area (TPSA) is 189 Å². The maximum absolute atomic E-state index is 12.8. The zero-order valence-electron chi connectivity index (χ0n) is 20.8. The van der Waals surface area contributed by atoms with Crippen LogP contribution < -0.4 is 9.47 Å². The normalized spacial score (nSPS) is 22.5. The molecule has 1 aliphatic rings. The predicted octanol–water partition coefficient (Wildman–Crippen LogP) is 3.23. The van der Waals surface area contributed by atoms with Gasteiger partial charge in [0.05, 0.1) is 19.8 Å². The smallest absolute Gasteiger partial charge is 0.313 e. The van der Waals surface area contributed by atoms with Crippen molar-refractivity contribution < 1.29 is 33.4 Å². The summed E-state index contributed by atoms with van der Waals surface area (Å²) in [5, 5.41) is 22.2. The predicted molar refractivity (Wildman–Crippen MR) is 135 cm³/mol. The molecule has 0 amide bonds. The molecule has 14 heteroatoms. The Labute approximate surface area is 221 Å². The summed E-state index contributed by atoms with van der Waals surface area (Å²) in [5.74, 6) is 0.690. The number of ether oxygens (including phenoxy) is 4. The van der Waals surface area contributed by atoms with Crippen LogP contribution in [0, 0.1) is 14.7 Å². The van der Waals surface area contributed by atoms with Crippen molar-refractivity contribution in [3.63, 3.8) is 0 Å². The third-order valence-corrected chi connectivity index (χ3v) is 6.25. The summed E-state index contributed by atoms with van der Waals surface area (Å²) in [5.41, 5.74) is 2.42. The highest BCUT2D eigenvalue weighted by atomic mass is 16.6. The van der Waals surface area contributed by atoms with Gasteiger partial charge < -0.3 is 28.6 Å². The van der Waals surface area contributed by atoms with Crippen molar-refractivity contribution in [2.75, 3.05) is 20.8 Å². The van der Waals surface area contributed by atoms with Gasteiger partial charge in [-0.15, -0.1) is 4.91 Å². The van der Waals surface area contributed by atoms with Crippen molar-refractivity contribution >= 4 is 5.97 Å². The number of rotatable bonds is 11. The van der Waals surface area contributed by atoms with E-state index in [1.54, 1.807) is 62.8 Å². The van der Waals surface area contributed by atoms with Crippen molar-refractivity contribution in [2.24, 2.45) is 15.5 Å². The number of nitroso groups, excluding NO2 is 3. The van der Waals surface area contributed by atoms with Crippen LogP contribution in [0.4, 0.5) is 0 Å². The average molecular weight is 540 g/mol. The van der Waals surface area contributed by atoms with Gasteiger partial charge in [0.15, 0.2) is 11.8 Å². The lowest BCUT2D eigenvalue weighted by Gasteiger charge is -2.35. The Balaban J connectivity index is 1.56. The van der Waals surface area contributed by atoms with E-state index in [1.165, 1.54) is 0 Å². The molecule has 5 atom stereocenters. The van der Waals surface area contributed by atoms with E-state index >= 15 is 0 Å². The van der Waals surface area contributed by atoms with Crippen LogP contribution in [0.2, 0.25) is 0 Å². The molecule has 204 valence electrons. The molecule has 14 nitrogen and oxygen atoms in total. The van der Waals surface area contributed by atoms with Crippen molar-refractivity contribution in [3.8, 4) is 33.9 Å². The van der Waals surface area contributed by atoms with Gasteiger partial charge in [0.1, 0.15) is 48.5 Å². The van der Waals surface area contributed by atoms with Gasteiger partial charge in [0.25, 0.3) is 0 Å². The molecule has 39 heavy (non-hydrogen) atoms. The number of benzene rings is 2. The molecule has 3 aromatic rings. The maximum atomic E-state index is 12.8. The summed E-state index contributed by atoms with van der Waals surface area (Å²) in [4.78, 5) is 46.2. The number of esters is 1. The van der Waals surface area contributed by atoms with Crippen molar-refractivity contribution in [2.45, 2.75) is 36.9 Å². The van der Waals surface area contributed by atoms with Gasteiger partial charge in [-0.05, 0) is 47.1 Å². The number of carbonyl (C=O) groups excluding carboxylic acids is 1. The van der Waals surface area contributed by atoms with Crippen LogP contribution in [0.1, 0.15) is 5.76 Å². The number of aliphatic hydroxyl groups is 1. The molecule has 0 aliphatic carbocycles. The lowest BCUT2D eigenvalue weighted by molar-refractivity contribution is -0.165. The largest absolute Gasteiger partial charge is 0.497 e. The zero-order valence-corrected chi connectivity index (χ0v) is 20.8. The molecule has 0 spiro atoms. The summed E-state index contributed by atoms with van der Waals surface area (Å²) in [7, 11) is 3.09. The Kier molecular flexibility index (Phi) is 8.68. The van der Waals surface area contributed by atoms with Gasteiger partial charge in [-0.25, -0.2) is 0 Å². The van der Waals surface area contributed by atoms with Crippen LogP contribution in [0.3, 0.4) is 0 Å². The highest BCUT2D eigenvalue weighted by Gasteiger charge is 2.49. The van der Waals surface area contributed by atoms with Crippen LogP contribution in [0.25, 0.3) is 22.4 Å². The Bertz CT molecular complexity index is 1310. The minimum absolute atomic E-state index is 0.195. The quantitative estimate of drug-likeness (QED) is 0.278. The fourth-order valence-corrected chi connectivity index (χ4v) is 4.21. The molecule has 1 saturated heterocycles. The fraction of sp³-hybridized carbons (Fsp3) is 0.360. The summed E-state index contributed by atoms with van der Waals surface area (Å²) in [6.07, 6.45) is -5.13. The van der Waals surface area contributed by atoms with Gasteiger partial charge >= 0.3 is 5.97 Å². The Morgan fingerprint density at radius 2 is 1.49 bits per heavy atom. The lowest BCUT2D eigenvalue weighted by atomic mass is 9.94. The number of aromatic nitrogens is 1. The fourth-order valence-electron chi connectivity index (χ4n) is 4.21. The monoisotopic (exact) mass is 540 g/mol. The number of nitrogens with zero attached hydrogens (tertiary/aromatic N) is 4. The summed E-state index contributed by atoms with van der Waals surface area (Å²) < 4.78 is 26.5. The van der Waals surface area contributed by atoms with Crippen LogP contribution in [-0.4, -0.2) is 67.6 Å². The second kappa shape index (κ2) is 12.3. The van der Waals surface area contributed by atoms with Gasteiger partial charge in [0.2, 0.25) is 6.23 Å². The molecule has 1 aliphatic heterocycles. The van der Waals surface area contributed by atoms with E-state index in [2.05, 4.69) is 20.7 Å². The van der Waals surface area contributed by atoms with Gasteiger partial charge in [-0.3, -0.25) is 4.79 Å². The molecule has 2 heterocycles. The molecular weight excluding hydrogens is 516 g/mol. The van der Waals surface area contributed by atoms with Crippen molar-refractivity contribution in [3.05, 3.63) is 69.0 Å². The van der Waals surface area contributed by atoms with E-state index in [9.17, 15) is 24.6 Å². The third-order valence-electron chi connectivity index (χ3n) is 6.25. The summed E-state index contributed by atoms with van der Waals surface area (Å²) in [6.45, 7) is -0.558. The molecule has 5 unspecified atom stereocenters. The van der Waals surface area contributed by atoms with Crippen LogP contribution in [-0.2, 0) is 20.7 Å². The number of hydrogen-bond acceptors (Lipinski definition) is 14. The molecular formula is C25H24N4O10. The highest BCUT2D eigenvalue weighted by molar-refractivity contribution is 5.85. The lowest BCUT2D eigenvalue weighted by Crippen LogP contribution is -2.56. The third kappa shape index (κ3) is 5.81. The minimum atomic E-state index is -1.76. The van der Waals surface area contributed by atoms with Crippen LogP contribution >= 0.6 is 0 Å². The Hall–Kier alpha value is -4.56. The molecule has 0 bridgehead atoms. The first kappa shape index (κ1) is 27.5. The number of methoxy groups -OCH3 is 2. The van der Waals surface area contributed by atoms with Crippen molar-refractivity contribution in [1.82, 2.24) is 5.16 Å². The summed E-state index contributed by atoms with van der Waals surface area (Å²) >= 11 is 0. The first-order chi connectivity index (χ1) is 18.9. The number of hydrogen-bond donors (Lipinski definition) is 1. The van der Waals surface area contributed by atoms with E-state index in [4.69, 9.17) is 23.5 Å². The van der Waals surface area contributed by atoms with Crippen molar-refractivity contribution in [1.29, 1.82) is 0 Å². The van der Waals surface area contributed by atoms with Gasteiger partial charge in [-0.1, -0.05) is 27.6 Å². The maximum Gasteiger partial charge on any atom is 0.313 e. The van der Waals surface area contributed by atoms with E-state index < -0.39 is 43.1 Å². The van der Waals surface area contributed by atoms with Crippen LogP contribution in [0.5, 0.6) is 11.5 Å². The highest BCUT2D eigenvalue weighted by Crippen LogP contribution is 2.36. The molecule has 1 fully saturated rings. The summed E-state index contributed by atoms with van der Waals surface area (Å²) in [6, 6.07) is 11.1. The molecule has 0 radical (unpaired) electrons. The zero-order chi connectivity index (χ0) is 27.9. The molecule has 4 rings (SSSR count). The number of aliphatic hydroxyl groups excluding tert-OH is 1. The Morgan fingerprint density at radius 3 is 2.03 bits per heavy atom. The first-order valence-corrected chi connectivity index (χ1v) is 11.7. The average Bonchev–Trinajstić information content (AvgIpc) is 3.39. The van der Waals surface area contributed by atoms with E-state index in [0.717, 1.165) is 0 Å². The van der Waals surface area contributed by atoms with Gasteiger partial charge in [0, 0.05) is 5.56 Å². The van der Waals surface area contributed by atoms with Gasteiger partial charge in [-0.2, -0.15) is 9.81 Å². The van der Waals surface area contributed by atoms with E-state index in [-0.39, 0.29) is 12.2 Å². The van der Waals surface area contributed by atoms with E-state index in [1.807, 2.05) is 0 Å². The minimum Gasteiger partial charge on any atom is -0.497 e. The van der Waals surface area contributed by atoms with Crippen LogP contribution in [0.15, 0.2) is 68.6 Å². The Morgan fingerprint density at radius 1 is 0.897 bits per heavy atom. The number of carbonyl (C=O) groups is 1. The standard InChI is InChI=1S/C25H24N4O10/c1-35-15-7-3-13(4-8-15)20-17(39-29-21(20)14-5-9-16(36-2)10-6-14)11-19(30)37-12-18-22(26-32)23(27-33)24(31)25(28-34)38-18/h3-10,18,22-25,31H,11-12H2,1-2H3. The molecule has 1 aromatic heterocycles. The molecule has 2 aromatic carbocycles. The van der Waals surface area contributed by atoms with E-state index in [0.29, 0.717) is 33.9 Å². The first-order valence-electron chi connectivity index (χ1n) is 11.7. The second-order valence-electron chi connectivity index (χ2n) is 8.50. The molecule has 1 N–H and O–H groups in total. The SMILES string of the molecule is COc1ccc(-c2noc(CC(=O)OCC3OC(N=O)C(O)C(N=O)C3N=O)c2-c2ccc(OC)cc2)cc1. The second-order valence-corrected chi connectivity index (χ2v) is 8.50.